The summed E-state index contributed by atoms with van der Waals surface area (Å²) in [7, 11) is 3.17. The van der Waals surface area contributed by atoms with Gasteiger partial charge in [0.1, 0.15) is 0 Å². The Kier molecular flexibility index (Phi) is 6.28. The minimum atomic E-state index is -0.261. The van der Waals surface area contributed by atoms with Gasteiger partial charge in [-0.15, -0.1) is 0 Å². The smallest absolute Gasteiger partial charge is 0.251 e. The Labute approximate surface area is 210 Å². The van der Waals surface area contributed by atoms with Gasteiger partial charge >= 0.3 is 0 Å². The maximum atomic E-state index is 13.2. The fourth-order valence-corrected chi connectivity index (χ4v) is 4.82. The molecule has 0 aromatic heterocycles. The Morgan fingerprint density at radius 1 is 1.03 bits per heavy atom. The van der Waals surface area contributed by atoms with Crippen molar-refractivity contribution in [2.75, 3.05) is 31.1 Å². The molecular weight excluding hydrogens is 456 g/mol. The van der Waals surface area contributed by atoms with Gasteiger partial charge in [-0.25, -0.2) is 10.4 Å². The lowest BCUT2D eigenvalue weighted by atomic mass is 9.88. The molecule has 36 heavy (non-hydrogen) atoms. The molecule has 5 rings (SSSR count). The number of ether oxygens (including phenoxy) is 2. The molecule has 3 atom stereocenters. The topological polar surface area (TPSA) is 91.9 Å². The molecule has 0 saturated carbocycles. The summed E-state index contributed by atoms with van der Waals surface area (Å²) in [6.45, 7) is 4.47. The Hall–Kier alpha value is -4.04. The molecule has 0 bridgehead atoms. The van der Waals surface area contributed by atoms with E-state index < -0.39 is 0 Å². The Morgan fingerprint density at radius 3 is 2.50 bits per heavy atom. The predicted molar refractivity (Wildman–Crippen MR) is 138 cm³/mol. The standard InChI is InChI=1S/C28H30N4O4/c1-16-5-9-20(10-6-16)32-28(34)22-15-29-23-11-7-19(13-21(23)26(22)31-32)27(33)30-17(2)18-8-12-24(35-3)25(14-18)36-4/h5-14,17,22,26,29,31H,15H2,1-4H3,(H,30,33). The van der Waals surface area contributed by atoms with Crippen LogP contribution in [0, 0.1) is 12.8 Å². The first-order valence-corrected chi connectivity index (χ1v) is 12.0. The molecule has 8 nitrogen and oxygen atoms in total. The summed E-state index contributed by atoms with van der Waals surface area (Å²) in [5.41, 5.74) is 8.57. The highest BCUT2D eigenvalue weighted by molar-refractivity contribution is 5.99. The number of fused-ring (bicyclic) bond motifs is 3. The van der Waals surface area contributed by atoms with Crippen molar-refractivity contribution < 1.29 is 19.1 Å². The summed E-state index contributed by atoms with van der Waals surface area (Å²) < 4.78 is 10.7. The fraction of sp³-hybridized carbons (Fsp3) is 0.286. The fourth-order valence-electron chi connectivity index (χ4n) is 4.82. The highest BCUT2D eigenvalue weighted by Gasteiger charge is 2.44. The number of aryl methyl sites for hydroxylation is 1. The van der Waals surface area contributed by atoms with Crippen LogP contribution in [0.1, 0.15) is 46.1 Å². The van der Waals surface area contributed by atoms with Crippen molar-refractivity contribution in [3.8, 4) is 11.5 Å². The lowest BCUT2D eigenvalue weighted by Crippen LogP contribution is -2.35. The lowest BCUT2D eigenvalue weighted by molar-refractivity contribution is -0.120. The van der Waals surface area contributed by atoms with Gasteiger partial charge < -0.3 is 20.1 Å². The van der Waals surface area contributed by atoms with E-state index in [1.807, 2.05) is 68.4 Å². The summed E-state index contributed by atoms with van der Waals surface area (Å²) in [6, 6.07) is 18.5. The van der Waals surface area contributed by atoms with Crippen LogP contribution < -0.4 is 30.5 Å². The average Bonchev–Trinajstić information content (AvgIpc) is 3.24. The van der Waals surface area contributed by atoms with Gasteiger partial charge in [0.25, 0.3) is 5.91 Å². The van der Waals surface area contributed by atoms with Gasteiger partial charge in [0.15, 0.2) is 11.5 Å². The van der Waals surface area contributed by atoms with Crippen molar-refractivity contribution in [3.63, 3.8) is 0 Å². The number of hydrogen-bond acceptors (Lipinski definition) is 6. The molecule has 0 spiro atoms. The van der Waals surface area contributed by atoms with Crippen molar-refractivity contribution in [3.05, 3.63) is 82.9 Å². The molecule has 186 valence electrons. The van der Waals surface area contributed by atoms with E-state index in [0.29, 0.717) is 23.6 Å². The number of amides is 2. The molecule has 2 amide bonds. The third-order valence-corrected chi connectivity index (χ3v) is 6.92. The minimum Gasteiger partial charge on any atom is -0.493 e. The number of benzene rings is 3. The van der Waals surface area contributed by atoms with E-state index in [-0.39, 0.29) is 29.8 Å². The Bertz CT molecular complexity index is 1310. The number of nitrogens with zero attached hydrogens (tertiary/aromatic N) is 1. The molecule has 8 heteroatoms. The van der Waals surface area contributed by atoms with Crippen LogP contribution in [0.4, 0.5) is 11.4 Å². The highest BCUT2D eigenvalue weighted by atomic mass is 16.5. The van der Waals surface area contributed by atoms with Crippen molar-refractivity contribution >= 4 is 23.2 Å². The molecular formula is C28H30N4O4. The van der Waals surface area contributed by atoms with Gasteiger partial charge in [0.2, 0.25) is 5.91 Å². The molecule has 0 radical (unpaired) electrons. The quantitative estimate of drug-likeness (QED) is 0.485. The van der Waals surface area contributed by atoms with Gasteiger partial charge in [-0.05, 0) is 67.4 Å². The minimum absolute atomic E-state index is 0.0129. The number of methoxy groups -OCH3 is 2. The normalized spacial score (nSPS) is 19.1. The van der Waals surface area contributed by atoms with Crippen LogP contribution in [0.2, 0.25) is 0 Å². The number of nitrogens with one attached hydrogen (secondary N) is 3. The third kappa shape index (κ3) is 4.24. The van der Waals surface area contributed by atoms with Crippen molar-refractivity contribution in [2.45, 2.75) is 25.9 Å². The SMILES string of the molecule is COc1ccc(C(C)NC(=O)c2ccc3c(c2)C2NN(c4ccc(C)cc4)C(=O)C2CN3)cc1OC. The number of rotatable bonds is 6. The van der Waals surface area contributed by atoms with Gasteiger partial charge in [-0.1, -0.05) is 23.8 Å². The van der Waals surface area contributed by atoms with Crippen LogP contribution in [0.5, 0.6) is 11.5 Å². The molecule has 0 aliphatic carbocycles. The predicted octanol–water partition coefficient (Wildman–Crippen LogP) is 4.14. The summed E-state index contributed by atoms with van der Waals surface area (Å²) in [6.07, 6.45) is 0. The zero-order valence-electron chi connectivity index (χ0n) is 20.8. The van der Waals surface area contributed by atoms with Crippen molar-refractivity contribution in [1.82, 2.24) is 10.7 Å². The second-order valence-electron chi connectivity index (χ2n) is 9.21. The van der Waals surface area contributed by atoms with Crippen molar-refractivity contribution in [2.24, 2.45) is 5.92 Å². The number of anilines is 2. The van der Waals surface area contributed by atoms with E-state index in [1.54, 1.807) is 25.3 Å². The van der Waals surface area contributed by atoms with Gasteiger partial charge in [-0.3, -0.25) is 9.59 Å². The summed E-state index contributed by atoms with van der Waals surface area (Å²) >= 11 is 0. The number of carbonyl (C=O) groups is 2. The molecule has 2 aliphatic heterocycles. The van der Waals surface area contributed by atoms with Gasteiger partial charge in [-0.2, -0.15) is 0 Å². The molecule has 2 aliphatic rings. The molecule has 3 aromatic rings. The van der Waals surface area contributed by atoms with E-state index in [0.717, 1.165) is 28.1 Å². The lowest BCUT2D eigenvalue weighted by Gasteiger charge is -2.27. The summed E-state index contributed by atoms with van der Waals surface area (Å²) in [5.74, 6) is 0.801. The first kappa shape index (κ1) is 23.7. The van der Waals surface area contributed by atoms with Crippen LogP contribution in [0.15, 0.2) is 60.7 Å². The largest absolute Gasteiger partial charge is 0.493 e. The number of carbonyl (C=O) groups excluding carboxylic acids is 2. The first-order valence-electron chi connectivity index (χ1n) is 12.0. The van der Waals surface area contributed by atoms with E-state index in [1.165, 1.54) is 0 Å². The Balaban J connectivity index is 1.36. The first-order chi connectivity index (χ1) is 17.4. The van der Waals surface area contributed by atoms with E-state index in [2.05, 4.69) is 16.1 Å². The van der Waals surface area contributed by atoms with Gasteiger partial charge in [0.05, 0.1) is 37.9 Å². The zero-order valence-corrected chi connectivity index (χ0v) is 20.8. The molecule has 1 fully saturated rings. The third-order valence-electron chi connectivity index (χ3n) is 6.92. The van der Waals surface area contributed by atoms with Crippen molar-refractivity contribution in [1.29, 1.82) is 0 Å². The number of hydrazine groups is 1. The second kappa shape index (κ2) is 9.54. The van der Waals surface area contributed by atoms with Crippen LogP contribution in [0.25, 0.3) is 0 Å². The van der Waals surface area contributed by atoms with Crippen LogP contribution in [0.3, 0.4) is 0 Å². The van der Waals surface area contributed by atoms with E-state index in [9.17, 15) is 9.59 Å². The maximum Gasteiger partial charge on any atom is 0.251 e. The van der Waals surface area contributed by atoms with Crippen LogP contribution in [-0.2, 0) is 4.79 Å². The van der Waals surface area contributed by atoms with Gasteiger partial charge in [0, 0.05) is 17.8 Å². The van der Waals surface area contributed by atoms with Crippen LogP contribution >= 0.6 is 0 Å². The average molecular weight is 487 g/mol. The number of hydrogen-bond donors (Lipinski definition) is 3. The zero-order chi connectivity index (χ0) is 25.4. The van der Waals surface area contributed by atoms with E-state index in [4.69, 9.17) is 9.47 Å². The molecule has 3 aromatic carbocycles. The summed E-state index contributed by atoms with van der Waals surface area (Å²) in [4.78, 5) is 26.4. The molecule has 3 N–H and O–H groups in total. The highest BCUT2D eigenvalue weighted by Crippen LogP contribution is 2.40. The Morgan fingerprint density at radius 2 is 1.78 bits per heavy atom. The van der Waals surface area contributed by atoms with E-state index >= 15 is 0 Å². The second-order valence-corrected chi connectivity index (χ2v) is 9.21. The maximum absolute atomic E-state index is 13.2. The van der Waals surface area contributed by atoms with Crippen LogP contribution in [-0.4, -0.2) is 32.6 Å². The molecule has 1 saturated heterocycles. The molecule has 2 heterocycles. The monoisotopic (exact) mass is 486 g/mol. The summed E-state index contributed by atoms with van der Waals surface area (Å²) in [5, 5.41) is 8.04. The molecule has 3 unspecified atom stereocenters.